The highest BCUT2D eigenvalue weighted by Gasteiger charge is 2.33. The molecule has 0 aromatic carbocycles. The fourth-order valence-corrected chi connectivity index (χ4v) is 1.92. The molecule has 0 radical (unpaired) electrons. The summed E-state index contributed by atoms with van der Waals surface area (Å²) in [5.74, 6) is 0.111. The van der Waals surface area contributed by atoms with Crippen molar-refractivity contribution in [2.75, 3.05) is 26.8 Å². The predicted molar refractivity (Wildman–Crippen MR) is 64.5 cm³/mol. The molecular weight excluding hydrogens is 220 g/mol. The van der Waals surface area contributed by atoms with Crippen molar-refractivity contribution in [3.63, 3.8) is 0 Å². The zero-order valence-corrected chi connectivity index (χ0v) is 10.9. The van der Waals surface area contributed by atoms with E-state index >= 15 is 0 Å². The van der Waals surface area contributed by atoms with Gasteiger partial charge in [-0.15, -0.1) is 0 Å². The Morgan fingerprint density at radius 1 is 1.41 bits per heavy atom. The molecule has 2 amide bonds. The molecule has 1 fully saturated rings. The summed E-state index contributed by atoms with van der Waals surface area (Å²) in [6, 6.07) is -0.362. The number of carbonyl (C=O) groups is 2. The van der Waals surface area contributed by atoms with Crippen LogP contribution in [-0.4, -0.2) is 49.6 Å². The molecule has 1 unspecified atom stereocenters. The number of hydrogen-bond donors (Lipinski definition) is 1. The Morgan fingerprint density at radius 2 is 2.12 bits per heavy atom. The smallest absolute Gasteiger partial charge is 0.245 e. The number of nitrogens with one attached hydrogen (secondary N) is 1. The molecule has 1 N–H and O–H groups in total. The van der Waals surface area contributed by atoms with Crippen molar-refractivity contribution in [1.29, 1.82) is 0 Å². The third-order valence-corrected chi connectivity index (χ3v) is 2.92. The van der Waals surface area contributed by atoms with Gasteiger partial charge in [0.15, 0.2) is 0 Å². The van der Waals surface area contributed by atoms with Crippen LogP contribution in [0.4, 0.5) is 0 Å². The summed E-state index contributed by atoms with van der Waals surface area (Å²) in [6.07, 6.45) is 1.78. The van der Waals surface area contributed by atoms with Crippen LogP contribution in [0.1, 0.15) is 26.7 Å². The number of rotatable bonds is 6. The van der Waals surface area contributed by atoms with Crippen LogP contribution in [0.15, 0.2) is 0 Å². The van der Waals surface area contributed by atoms with E-state index in [9.17, 15) is 9.59 Å². The lowest BCUT2D eigenvalue weighted by molar-refractivity contribution is -0.145. The molecule has 1 saturated heterocycles. The molecule has 0 bridgehead atoms. The topological polar surface area (TPSA) is 58.6 Å². The van der Waals surface area contributed by atoms with Crippen molar-refractivity contribution >= 4 is 11.8 Å². The third kappa shape index (κ3) is 4.00. The predicted octanol–water partition coefficient (Wildman–Crippen LogP) is 0.396. The quantitative estimate of drug-likeness (QED) is 0.686. The van der Waals surface area contributed by atoms with Crippen molar-refractivity contribution in [3.05, 3.63) is 0 Å². The van der Waals surface area contributed by atoms with Crippen molar-refractivity contribution in [3.8, 4) is 0 Å². The number of ether oxygens (including phenoxy) is 1. The molecule has 1 aliphatic rings. The van der Waals surface area contributed by atoms with Gasteiger partial charge in [0, 0.05) is 20.3 Å². The lowest BCUT2D eigenvalue weighted by Crippen LogP contribution is -2.59. The molecular formula is C12H22N2O3. The third-order valence-electron chi connectivity index (χ3n) is 2.92. The summed E-state index contributed by atoms with van der Waals surface area (Å²) >= 11 is 0. The van der Waals surface area contributed by atoms with E-state index < -0.39 is 0 Å². The fourth-order valence-electron chi connectivity index (χ4n) is 1.92. The molecule has 0 aromatic rings. The Kier molecular flexibility index (Phi) is 5.41. The van der Waals surface area contributed by atoms with Crippen LogP contribution in [0.5, 0.6) is 0 Å². The molecule has 5 heteroatoms. The minimum atomic E-state index is -0.362. The first-order valence-electron chi connectivity index (χ1n) is 6.13. The van der Waals surface area contributed by atoms with E-state index in [1.54, 1.807) is 12.0 Å². The Hall–Kier alpha value is -1.10. The SMILES string of the molecule is COCCCCN1CC(=O)NC(C(C)C)C1=O. The van der Waals surface area contributed by atoms with Gasteiger partial charge in [-0.1, -0.05) is 13.8 Å². The second-order valence-corrected chi connectivity index (χ2v) is 4.75. The Bertz CT molecular complexity index is 279. The van der Waals surface area contributed by atoms with E-state index in [2.05, 4.69) is 5.32 Å². The first-order valence-corrected chi connectivity index (χ1v) is 6.13. The lowest BCUT2D eigenvalue weighted by Gasteiger charge is -2.34. The molecule has 1 atom stereocenters. The van der Waals surface area contributed by atoms with Gasteiger partial charge in [-0.2, -0.15) is 0 Å². The first kappa shape index (κ1) is 14.0. The van der Waals surface area contributed by atoms with E-state index in [1.807, 2.05) is 13.8 Å². The van der Waals surface area contributed by atoms with Gasteiger partial charge >= 0.3 is 0 Å². The van der Waals surface area contributed by atoms with Crippen LogP contribution in [0, 0.1) is 5.92 Å². The van der Waals surface area contributed by atoms with Gasteiger partial charge in [0.2, 0.25) is 11.8 Å². The number of nitrogens with zero attached hydrogens (tertiary/aromatic N) is 1. The molecule has 0 spiro atoms. The van der Waals surface area contributed by atoms with Crippen molar-refractivity contribution < 1.29 is 14.3 Å². The summed E-state index contributed by atoms with van der Waals surface area (Å²) < 4.78 is 4.96. The van der Waals surface area contributed by atoms with Gasteiger partial charge in [0.1, 0.15) is 6.04 Å². The summed E-state index contributed by atoms with van der Waals surface area (Å²) in [5.41, 5.74) is 0. The number of piperazine rings is 1. The number of amides is 2. The lowest BCUT2D eigenvalue weighted by atomic mass is 10.0. The van der Waals surface area contributed by atoms with E-state index in [-0.39, 0.29) is 30.3 Å². The second kappa shape index (κ2) is 6.59. The molecule has 1 aliphatic heterocycles. The van der Waals surface area contributed by atoms with Crippen LogP contribution in [0.3, 0.4) is 0 Å². The highest BCUT2D eigenvalue weighted by molar-refractivity contribution is 5.94. The van der Waals surface area contributed by atoms with E-state index in [4.69, 9.17) is 4.74 Å². The zero-order chi connectivity index (χ0) is 12.8. The average Bonchev–Trinajstić information content (AvgIpc) is 2.28. The summed E-state index contributed by atoms with van der Waals surface area (Å²) in [5, 5.41) is 2.74. The standard InChI is InChI=1S/C12H22N2O3/c1-9(2)11-12(16)14(8-10(15)13-11)6-4-5-7-17-3/h9,11H,4-8H2,1-3H3,(H,13,15). The molecule has 98 valence electrons. The molecule has 0 saturated carbocycles. The van der Waals surface area contributed by atoms with Crippen molar-refractivity contribution in [2.24, 2.45) is 5.92 Å². The van der Waals surface area contributed by atoms with Crippen LogP contribution in [0.25, 0.3) is 0 Å². The van der Waals surface area contributed by atoms with Gasteiger partial charge in [-0.3, -0.25) is 9.59 Å². The largest absolute Gasteiger partial charge is 0.385 e. The Morgan fingerprint density at radius 3 is 2.71 bits per heavy atom. The van der Waals surface area contributed by atoms with Gasteiger partial charge in [0.05, 0.1) is 6.54 Å². The average molecular weight is 242 g/mol. The van der Waals surface area contributed by atoms with Gasteiger partial charge in [-0.05, 0) is 18.8 Å². The van der Waals surface area contributed by atoms with Crippen LogP contribution >= 0.6 is 0 Å². The van der Waals surface area contributed by atoms with E-state index in [0.29, 0.717) is 13.2 Å². The molecule has 0 aromatic heterocycles. The highest BCUT2D eigenvalue weighted by Crippen LogP contribution is 2.11. The normalized spacial score (nSPS) is 20.9. The highest BCUT2D eigenvalue weighted by atomic mass is 16.5. The summed E-state index contributed by atoms with van der Waals surface area (Å²) in [6.45, 7) is 5.41. The minimum Gasteiger partial charge on any atom is -0.385 e. The van der Waals surface area contributed by atoms with Gasteiger partial charge < -0.3 is 15.0 Å². The fraction of sp³-hybridized carbons (Fsp3) is 0.833. The van der Waals surface area contributed by atoms with Crippen molar-refractivity contribution in [2.45, 2.75) is 32.7 Å². The van der Waals surface area contributed by atoms with Crippen molar-refractivity contribution in [1.82, 2.24) is 10.2 Å². The monoisotopic (exact) mass is 242 g/mol. The minimum absolute atomic E-state index is 0.0389. The van der Waals surface area contributed by atoms with Crippen LogP contribution in [-0.2, 0) is 14.3 Å². The summed E-state index contributed by atoms with van der Waals surface area (Å²) in [7, 11) is 1.66. The van der Waals surface area contributed by atoms with Gasteiger partial charge in [0.25, 0.3) is 0 Å². The maximum absolute atomic E-state index is 12.1. The second-order valence-electron chi connectivity index (χ2n) is 4.75. The Balaban J connectivity index is 2.47. The number of carbonyl (C=O) groups excluding carboxylic acids is 2. The first-order chi connectivity index (χ1) is 8.06. The Labute approximate surface area is 102 Å². The molecule has 1 rings (SSSR count). The van der Waals surface area contributed by atoms with Crippen LogP contribution in [0.2, 0.25) is 0 Å². The zero-order valence-electron chi connectivity index (χ0n) is 10.9. The number of hydrogen-bond acceptors (Lipinski definition) is 3. The maximum Gasteiger partial charge on any atom is 0.245 e. The number of unbranched alkanes of at least 4 members (excludes halogenated alkanes) is 1. The molecule has 5 nitrogen and oxygen atoms in total. The van der Waals surface area contributed by atoms with Crippen LogP contribution < -0.4 is 5.32 Å². The van der Waals surface area contributed by atoms with E-state index in [0.717, 1.165) is 12.8 Å². The number of methoxy groups -OCH3 is 1. The molecule has 0 aliphatic carbocycles. The molecule has 17 heavy (non-hydrogen) atoms. The van der Waals surface area contributed by atoms with E-state index in [1.165, 1.54) is 0 Å². The summed E-state index contributed by atoms with van der Waals surface area (Å²) in [4.78, 5) is 25.2. The molecule has 1 heterocycles. The maximum atomic E-state index is 12.1. The van der Waals surface area contributed by atoms with Gasteiger partial charge in [-0.25, -0.2) is 0 Å².